The molecule has 0 saturated carbocycles. The third-order valence-corrected chi connectivity index (χ3v) is 2.94. The minimum Gasteiger partial charge on any atom is -0.322 e. The average molecular weight is 279 g/mol. The number of anilines is 1. The Kier molecular flexibility index (Phi) is 4.70. The maximum absolute atomic E-state index is 12.2. The van der Waals surface area contributed by atoms with Crippen LogP contribution in [0.4, 0.5) is 5.69 Å². The molecule has 0 heterocycles. The quantitative estimate of drug-likeness (QED) is 0.936. The summed E-state index contributed by atoms with van der Waals surface area (Å²) in [5, 5.41) is 11.7. The highest BCUT2D eigenvalue weighted by atomic mass is 16.1. The van der Waals surface area contributed by atoms with Gasteiger partial charge in [0.25, 0.3) is 5.91 Å². The van der Waals surface area contributed by atoms with E-state index in [-0.39, 0.29) is 5.91 Å². The number of nitrogens with zero attached hydrogens (tertiary/aromatic N) is 2. The molecular weight excluding hydrogens is 262 g/mol. The number of nitrogens with one attached hydrogen (secondary N) is 1. The molecule has 0 aliphatic heterocycles. The van der Waals surface area contributed by atoms with Gasteiger partial charge in [0.05, 0.1) is 11.6 Å². The highest BCUT2D eigenvalue weighted by Gasteiger charge is 2.07. The van der Waals surface area contributed by atoms with Crippen LogP contribution in [0.5, 0.6) is 0 Å². The SMILES string of the molecule is CN(C)Cc1cccc(NC(=O)c2cccc(C#N)c2)c1. The molecule has 2 aromatic carbocycles. The first-order valence-corrected chi connectivity index (χ1v) is 6.63. The van der Waals surface area contributed by atoms with Crippen molar-refractivity contribution in [1.29, 1.82) is 5.26 Å². The molecule has 0 aromatic heterocycles. The third kappa shape index (κ3) is 4.16. The molecule has 0 spiro atoms. The molecule has 0 bridgehead atoms. The Labute approximate surface area is 124 Å². The lowest BCUT2D eigenvalue weighted by Gasteiger charge is -2.11. The van der Waals surface area contributed by atoms with Crippen molar-refractivity contribution < 1.29 is 4.79 Å². The van der Waals surface area contributed by atoms with Crippen molar-refractivity contribution in [1.82, 2.24) is 4.90 Å². The normalized spacial score (nSPS) is 10.2. The lowest BCUT2D eigenvalue weighted by atomic mass is 10.1. The van der Waals surface area contributed by atoms with Gasteiger partial charge in [-0.1, -0.05) is 18.2 Å². The number of nitriles is 1. The molecule has 0 saturated heterocycles. The van der Waals surface area contributed by atoms with Gasteiger partial charge in [-0.2, -0.15) is 5.26 Å². The molecule has 0 fully saturated rings. The van der Waals surface area contributed by atoms with E-state index in [1.54, 1.807) is 24.3 Å². The second-order valence-corrected chi connectivity index (χ2v) is 5.08. The summed E-state index contributed by atoms with van der Waals surface area (Å²) in [6, 6.07) is 16.4. The highest BCUT2D eigenvalue weighted by molar-refractivity contribution is 6.04. The van der Waals surface area contributed by atoms with Gasteiger partial charge in [-0.05, 0) is 50.0 Å². The van der Waals surface area contributed by atoms with Crippen molar-refractivity contribution in [3.05, 3.63) is 65.2 Å². The second kappa shape index (κ2) is 6.69. The fourth-order valence-corrected chi connectivity index (χ4v) is 2.05. The van der Waals surface area contributed by atoms with Gasteiger partial charge < -0.3 is 10.2 Å². The predicted octanol–water partition coefficient (Wildman–Crippen LogP) is 2.87. The van der Waals surface area contributed by atoms with Crippen LogP contribution in [-0.2, 0) is 6.54 Å². The van der Waals surface area contributed by atoms with Crippen LogP contribution >= 0.6 is 0 Å². The zero-order chi connectivity index (χ0) is 15.2. The molecule has 21 heavy (non-hydrogen) atoms. The van der Waals surface area contributed by atoms with Gasteiger partial charge in [0.1, 0.15) is 0 Å². The van der Waals surface area contributed by atoms with Crippen LogP contribution in [0.3, 0.4) is 0 Å². The zero-order valence-corrected chi connectivity index (χ0v) is 12.1. The third-order valence-electron chi connectivity index (χ3n) is 2.94. The van der Waals surface area contributed by atoms with Crippen LogP contribution in [0.15, 0.2) is 48.5 Å². The minimum atomic E-state index is -0.214. The molecule has 0 aliphatic carbocycles. The number of carbonyl (C=O) groups excluding carboxylic acids is 1. The summed E-state index contributed by atoms with van der Waals surface area (Å²) in [4.78, 5) is 14.3. The molecule has 0 radical (unpaired) electrons. The van der Waals surface area contributed by atoms with Gasteiger partial charge in [-0.15, -0.1) is 0 Å². The summed E-state index contributed by atoms with van der Waals surface area (Å²) in [7, 11) is 4.00. The van der Waals surface area contributed by atoms with E-state index >= 15 is 0 Å². The minimum absolute atomic E-state index is 0.214. The van der Waals surface area contributed by atoms with E-state index in [2.05, 4.69) is 10.2 Å². The lowest BCUT2D eigenvalue weighted by molar-refractivity contribution is 0.102. The largest absolute Gasteiger partial charge is 0.322 e. The Morgan fingerprint density at radius 1 is 1.19 bits per heavy atom. The van der Waals surface area contributed by atoms with E-state index in [0.717, 1.165) is 17.8 Å². The van der Waals surface area contributed by atoms with Crippen LogP contribution in [0.1, 0.15) is 21.5 Å². The topological polar surface area (TPSA) is 56.1 Å². The van der Waals surface area contributed by atoms with E-state index in [0.29, 0.717) is 11.1 Å². The first kappa shape index (κ1) is 14.8. The fraction of sp³-hybridized carbons (Fsp3) is 0.176. The molecule has 4 heteroatoms. The molecule has 0 unspecified atom stereocenters. The molecule has 1 N–H and O–H groups in total. The monoisotopic (exact) mass is 279 g/mol. The zero-order valence-electron chi connectivity index (χ0n) is 12.1. The molecular formula is C17H17N3O. The van der Waals surface area contributed by atoms with Gasteiger partial charge in [-0.3, -0.25) is 4.79 Å². The van der Waals surface area contributed by atoms with E-state index in [1.165, 1.54) is 0 Å². The summed E-state index contributed by atoms with van der Waals surface area (Å²) in [5.41, 5.74) is 2.83. The Hall–Kier alpha value is -2.64. The first-order chi connectivity index (χ1) is 10.1. The average Bonchev–Trinajstić information content (AvgIpc) is 2.47. The summed E-state index contributed by atoms with van der Waals surface area (Å²) in [6.45, 7) is 0.813. The molecule has 1 amide bonds. The van der Waals surface area contributed by atoms with Crippen LogP contribution in [0.25, 0.3) is 0 Å². The van der Waals surface area contributed by atoms with Crippen molar-refractivity contribution in [2.45, 2.75) is 6.54 Å². The number of rotatable bonds is 4. The second-order valence-electron chi connectivity index (χ2n) is 5.08. The summed E-state index contributed by atoms with van der Waals surface area (Å²) in [6.07, 6.45) is 0. The van der Waals surface area contributed by atoms with Crippen molar-refractivity contribution in [2.75, 3.05) is 19.4 Å². The maximum atomic E-state index is 12.2. The van der Waals surface area contributed by atoms with Crippen LogP contribution in [0.2, 0.25) is 0 Å². The number of hydrogen-bond acceptors (Lipinski definition) is 3. The standard InChI is InChI=1S/C17H17N3O/c1-20(2)12-14-6-4-8-16(10-14)19-17(21)15-7-3-5-13(9-15)11-18/h3-10H,12H2,1-2H3,(H,19,21). The van der Waals surface area contributed by atoms with Gasteiger partial charge in [0.2, 0.25) is 0 Å². The van der Waals surface area contributed by atoms with Gasteiger partial charge in [-0.25, -0.2) is 0 Å². The highest BCUT2D eigenvalue weighted by Crippen LogP contribution is 2.14. The summed E-state index contributed by atoms with van der Waals surface area (Å²) < 4.78 is 0. The summed E-state index contributed by atoms with van der Waals surface area (Å²) in [5.74, 6) is -0.214. The maximum Gasteiger partial charge on any atom is 0.255 e. The van der Waals surface area contributed by atoms with Gasteiger partial charge >= 0.3 is 0 Å². The first-order valence-electron chi connectivity index (χ1n) is 6.63. The molecule has 0 atom stereocenters. The van der Waals surface area contributed by atoms with Gasteiger partial charge in [0, 0.05) is 17.8 Å². The molecule has 2 rings (SSSR count). The van der Waals surface area contributed by atoms with E-state index < -0.39 is 0 Å². The number of carbonyl (C=O) groups is 1. The van der Waals surface area contributed by atoms with Crippen LogP contribution < -0.4 is 5.32 Å². The Morgan fingerprint density at radius 3 is 2.67 bits per heavy atom. The number of hydrogen-bond donors (Lipinski definition) is 1. The fourth-order valence-electron chi connectivity index (χ4n) is 2.05. The Balaban J connectivity index is 2.14. The van der Waals surface area contributed by atoms with E-state index in [9.17, 15) is 4.79 Å². The van der Waals surface area contributed by atoms with Crippen molar-refractivity contribution in [3.63, 3.8) is 0 Å². The van der Waals surface area contributed by atoms with Crippen molar-refractivity contribution >= 4 is 11.6 Å². The molecule has 106 valence electrons. The van der Waals surface area contributed by atoms with E-state index in [4.69, 9.17) is 5.26 Å². The molecule has 2 aromatic rings. The van der Waals surface area contributed by atoms with Crippen molar-refractivity contribution in [2.24, 2.45) is 0 Å². The van der Waals surface area contributed by atoms with E-state index in [1.807, 2.05) is 44.4 Å². The number of amides is 1. The predicted molar refractivity (Wildman–Crippen MR) is 82.9 cm³/mol. The number of benzene rings is 2. The lowest BCUT2D eigenvalue weighted by Crippen LogP contribution is -2.13. The smallest absolute Gasteiger partial charge is 0.255 e. The molecule has 0 aliphatic rings. The van der Waals surface area contributed by atoms with Gasteiger partial charge in [0.15, 0.2) is 0 Å². The van der Waals surface area contributed by atoms with Crippen LogP contribution in [0, 0.1) is 11.3 Å². The summed E-state index contributed by atoms with van der Waals surface area (Å²) >= 11 is 0. The Morgan fingerprint density at radius 2 is 1.95 bits per heavy atom. The molecule has 4 nitrogen and oxygen atoms in total. The van der Waals surface area contributed by atoms with Crippen LogP contribution in [-0.4, -0.2) is 24.9 Å². The van der Waals surface area contributed by atoms with Crippen molar-refractivity contribution in [3.8, 4) is 6.07 Å². The Bertz CT molecular complexity index is 686.